The van der Waals surface area contributed by atoms with E-state index in [0.717, 1.165) is 36.4 Å². The smallest absolute Gasteiger partial charge is 0.138 e. The van der Waals surface area contributed by atoms with Gasteiger partial charge in [0.05, 0.1) is 10.7 Å². The van der Waals surface area contributed by atoms with Crippen LogP contribution in [0.4, 0.5) is 0 Å². The highest BCUT2D eigenvalue weighted by Gasteiger charge is 2.05. The van der Waals surface area contributed by atoms with Crippen molar-refractivity contribution >= 4 is 17.1 Å². The second-order valence-electron chi connectivity index (χ2n) is 3.96. The quantitative estimate of drug-likeness (QED) is 0.509. The first-order chi connectivity index (χ1) is 7.72. The highest BCUT2D eigenvalue weighted by atomic mass is 32.1. The van der Waals surface area contributed by atoms with Crippen molar-refractivity contribution in [3.63, 3.8) is 0 Å². The number of carbonyl (C=O) groups is 1. The van der Waals surface area contributed by atoms with Crippen molar-refractivity contribution in [2.75, 3.05) is 0 Å². The molecule has 0 bridgehead atoms. The fraction of sp³-hybridized carbons (Fsp3) is 0.538. The maximum Gasteiger partial charge on any atom is 0.138 e. The van der Waals surface area contributed by atoms with Gasteiger partial charge in [-0.2, -0.15) is 0 Å². The number of nitrogens with zero attached hydrogens (tertiary/aromatic N) is 1. The number of Topliss-reactive ketones (excluding diaryl/α,β-unsaturated/α-hetero) is 1. The van der Waals surface area contributed by atoms with E-state index in [1.165, 1.54) is 0 Å². The molecule has 1 aromatic heterocycles. The first-order valence-electron chi connectivity index (χ1n) is 5.76. The van der Waals surface area contributed by atoms with Crippen LogP contribution in [0.2, 0.25) is 0 Å². The third-order valence-electron chi connectivity index (χ3n) is 2.41. The molecule has 1 heterocycles. The number of rotatable bonds is 8. The van der Waals surface area contributed by atoms with E-state index in [0.29, 0.717) is 18.6 Å². The second kappa shape index (κ2) is 7.34. The highest BCUT2D eigenvalue weighted by Crippen LogP contribution is 2.11. The van der Waals surface area contributed by atoms with Crippen molar-refractivity contribution in [3.05, 3.63) is 28.7 Å². The van der Waals surface area contributed by atoms with E-state index in [2.05, 4.69) is 11.6 Å². The SMILES string of the molecule is C=CCCCCCC(=O)Cc1csc(C)n1. The summed E-state index contributed by atoms with van der Waals surface area (Å²) in [6, 6.07) is 0. The molecule has 88 valence electrons. The Morgan fingerprint density at radius 3 is 2.94 bits per heavy atom. The summed E-state index contributed by atoms with van der Waals surface area (Å²) in [6.45, 7) is 5.64. The molecule has 1 rings (SSSR count). The largest absolute Gasteiger partial charge is 0.299 e. The molecular formula is C13H19NOS. The Bertz CT molecular complexity index is 343. The number of aromatic nitrogens is 1. The molecule has 0 aliphatic carbocycles. The maximum absolute atomic E-state index is 11.6. The van der Waals surface area contributed by atoms with Gasteiger partial charge in [-0.15, -0.1) is 17.9 Å². The van der Waals surface area contributed by atoms with Crippen LogP contribution in [-0.4, -0.2) is 10.8 Å². The van der Waals surface area contributed by atoms with E-state index in [9.17, 15) is 4.79 Å². The van der Waals surface area contributed by atoms with Crippen molar-refractivity contribution in [1.82, 2.24) is 4.98 Å². The number of unbranched alkanes of at least 4 members (excludes halogenated alkanes) is 3. The van der Waals surface area contributed by atoms with Crippen LogP contribution in [0.15, 0.2) is 18.0 Å². The number of allylic oxidation sites excluding steroid dienone is 1. The van der Waals surface area contributed by atoms with Gasteiger partial charge in [-0.25, -0.2) is 4.98 Å². The Hall–Kier alpha value is -0.960. The minimum atomic E-state index is 0.309. The predicted octanol–water partition coefficient (Wildman–Crippen LogP) is 3.70. The molecule has 0 N–H and O–H groups in total. The molecule has 0 spiro atoms. The van der Waals surface area contributed by atoms with Gasteiger partial charge in [0.15, 0.2) is 0 Å². The average molecular weight is 237 g/mol. The fourth-order valence-corrected chi connectivity index (χ4v) is 2.18. The van der Waals surface area contributed by atoms with Gasteiger partial charge in [-0.3, -0.25) is 4.79 Å². The van der Waals surface area contributed by atoms with Crippen molar-refractivity contribution in [2.24, 2.45) is 0 Å². The van der Waals surface area contributed by atoms with E-state index >= 15 is 0 Å². The van der Waals surface area contributed by atoms with Gasteiger partial charge in [0.1, 0.15) is 5.78 Å². The molecule has 0 amide bonds. The predicted molar refractivity (Wildman–Crippen MR) is 68.8 cm³/mol. The number of aryl methyl sites for hydroxylation is 1. The summed E-state index contributed by atoms with van der Waals surface area (Å²) in [5.74, 6) is 0.309. The molecule has 2 nitrogen and oxygen atoms in total. The molecule has 0 aliphatic heterocycles. The number of carbonyl (C=O) groups excluding carboxylic acids is 1. The van der Waals surface area contributed by atoms with Gasteiger partial charge in [-0.05, 0) is 26.2 Å². The number of hydrogen-bond donors (Lipinski definition) is 0. The number of ketones is 1. The molecule has 16 heavy (non-hydrogen) atoms. The summed E-state index contributed by atoms with van der Waals surface area (Å²) in [7, 11) is 0. The minimum absolute atomic E-state index is 0.309. The van der Waals surface area contributed by atoms with Crippen LogP contribution in [0, 0.1) is 6.92 Å². The van der Waals surface area contributed by atoms with Crippen LogP contribution in [0.25, 0.3) is 0 Å². The minimum Gasteiger partial charge on any atom is -0.299 e. The molecule has 0 radical (unpaired) electrons. The third kappa shape index (κ3) is 5.21. The molecule has 0 aliphatic rings. The number of hydrogen-bond acceptors (Lipinski definition) is 3. The molecule has 0 saturated carbocycles. The van der Waals surface area contributed by atoms with E-state index in [1.54, 1.807) is 11.3 Å². The van der Waals surface area contributed by atoms with E-state index in [4.69, 9.17) is 0 Å². The zero-order valence-corrected chi connectivity index (χ0v) is 10.7. The molecule has 0 fully saturated rings. The molecule has 0 atom stereocenters. The lowest BCUT2D eigenvalue weighted by Gasteiger charge is -1.98. The van der Waals surface area contributed by atoms with E-state index in [-0.39, 0.29) is 0 Å². The van der Waals surface area contributed by atoms with Crippen molar-refractivity contribution in [1.29, 1.82) is 0 Å². The Kier molecular flexibility index (Phi) is 6.01. The average Bonchev–Trinajstić information content (AvgIpc) is 2.63. The first-order valence-corrected chi connectivity index (χ1v) is 6.64. The molecular weight excluding hydrogens is 218 g/mol. The summed E-state index contributed by atoms with van der Waals surface area (Å²) >= 11 is 1.61. The standard InChI is InChI=1S/C13H19NOS/c1-3-4-5-6-7-8-13(15)9-12-10-16-11(2)14-12/h3,10H,1,4-9H2,2H3. The van der Waals surface area contributed by atoms with Gasteiger partial charge in [0.2, 0.25) is 0 Å². The number of thiazole rings is 1. The highest BCUT2D eigenvalue weighted by molar-refractivity contribution is 7.09. The summed E-state index contributed by atoms with van der Waals surface area (Å²) < 4.78 is 0. The van der Waals surface area contributed by atoms with E-state index in [1.807, 2.05) is 18.4 Å². The van der Waals surface area contributed by atoms with Crippen LogP contribution >= 0.6 is 11.3 Å². The van der Waals surface area contributed by atoms with Crippen molar-refractivity contribution < 1.29 is 4.79 Å². The molecule has 3 heteroatoms. The zero-order chi connectivity index (χ0) is 11.8. The van der Waals surface area contributed by atoms with Gasteiger partial charge < -0.3 is 0 Å². The zero-order valence-electron chi connectivity index (χ0n) is 9.87. The summed E-state index contributed by atoms with van der Waals surface area (Å²) in [5, 5.41) is 3.01. The monoisotopic (exact) mass is 237 g/mol. The second-order valence-corrected chi connectivity index (χ2v) is 5.02. The van der Waals surface area contributed by atoms with Gasteiger partial charge in [0, 0.05) is 18.2 Å². The van der Waals surface area contributed by atoms with E-state index < -0.39 is 0 Å². The van der Waals surface area contributed by atoms with Crippen molar-refractivity contribution in [3.8, 4) is 0 Å². The molecule has 0 saturated heterocycles. The lowest BCUT2D eigenvalue weighted by atomic mass is 10.1. The van der Waals surface area contributed by atoms with Crippen molar-refractivity contribution in [2.45, 2.75) is 45.4 Å². The fourth-order valence-electron chi connectivity index (χ4n) is 1.57. The summed E-state index contributed by atoms with van der Waals surface area (Å²) in [6.07, 6.45) is 7.44. The van der Waals surface area contributed by atoms with Crippen LogP contribution in [-0.2, 0) is 11.2 Å². The topological polar surface area (TPSA) is 30.0 Å². The van der Waals surface area contributed by atoms with Gasteiger partial charge in [-0.1, -0.05) is 12.5 Å². The van der Waals surface area contributed by atoms with Gasteiger partial charge in [0.25, 0.3) is 0 Å². The third-order valence-corrected chi connectivity index (χ3v) is 3.23. The normalized spacial score (nSPS) is 10.3. The molecule has 1 aromatic rings. The Morgan fingerprint density at radius 1 is 1.50 bits per heavy atom. The Morgan fingerprint density at radius 2 is 2.31 bits per heavy atom. The Labute approximate surface area is 101 Å². The van der Waals surface area contributed by atoms with Crippen LogP contribution in [0.5, 0.6) is 0 Å². The lowest BCUT2D eigenvalue weighted by Crippen LogP contribution is -2.02. The summed E-state index contributed by atoms with van der Waals surface area (Å²) in [4.78, 5) is 15.9. The van der Waals surface area contributed by atoms with Gasteiger partial charge >= 0.3 is 0 Å². The van der Waals surface area contributed by atoms with Crippen LogP contribution in [0.3, 0.4) is 0 Å². The first kappa shape index (κ1) is 13.1. The Balaban J connectivity index is 2.14. The molecule has 0 aromatic carbocycles. The molecule has 0 unspecified atom stereocenters. The lowest BCUT2D eigenvalue weighted by molar-refractivity contribution is -0.118. The summed E-state index contributed by atoms with van der Waals surface area (Å²) in [5.41, 5.74) is 0.929. The van der Waals surface area contributed by atoms with Crippen LogP contribution < -0.4 is 0 Å². The maximum atomic E-state index is 11.6. The van der Waals surface area contributed by atoms with Crippen LogP contribution in [0.1, 0.15) is 42.8 Å².